The van der Waals surface area contributed by atoms with Crippen LogP contribution in [0.5, 0.6) is 5.75 Å². The summed E-state index contributed by atoms with van der Waals surface area (Å²) in [6, 6.07) is 15.6. The van der Waals surface area contributed by atoms with E-state index in [2.05, 4.69) is 10.5 Å². The quantitative estimate of drug-likeness (QED) is 0.329. The van der Waals surface area contributed by atoms with Crippen molar-refractivity contribution in [2.24, 2.45) is 11.1 Å². The fourth-order valence-corrected chi connectivity index (χ4v) is 4.25. The molecular weight excluding hydrogens is 451 g/mol. The van der Waals surface area contributed by atoms with Crippen LogP contribution >= 0.6 is 0 Å². The molecule has 0 saturated carbocycles. The van der Waals surface area contributed by atoms with Crippen molar-refractivity contribution in [3.05, 3.63) is 77.4 Å². The van der Waals surface area contributed by atoms with Crippen molar-refractivity contribution in [1.29, 1.82) is 0 Å². The van der Waals surface area contributed by atoms with Gasteiger partial charge in [-0.05, 0) is 34.5 Å². The number of ether oxygens (including phenoxy) is 1. The Morgan fingerprint density at radius 3 is 2.85 bits per heavy atom. The van der Waals surface area contributed by atoms with Gasteiger partial charge in [-0.15, -0.1) is 0 Å². The molecule has 3 aromatic rings. The number of hydrogen-bond donors (Lipinski definition) is 1. The van der Waals surface area contributed by atoms with Gasteiger partial charge in [-0.3, -0.25) is 10.2 Å². The van der Waals surface area contributed by atoms with E-state index in [1.807, 2.05) is 36.4 Å². The summed E-state index contributed by atoms with van der Waals surface area (Å²) in [5.74, 6) is 0.680. The number of nitrogens with one attached hydrogen (secondary N) is 1. The van der Waals surface area contributed by atoms with Crippen molar-refractivity contribution in [3.8, 4) is 5.75 Å². The number of alkyl halides is 3. The molecule has 1 fully saturated rings. The summed E-state index contributed by atoms with van der Waals surface area (Å²) in [4.78, 5) is 23.5. The lowest BCUT2D eigenvalue weighted by Gasteiger charge is -2.32. The first kappa shape index (κ1) is 22.0. The standard InChI is InChI=1S/C24H20F3N3O4/c25-24(26,27)18-6-3-4-15(10-18)11-33-29-14-28-23(31)30-22-17(13-34-30)12-32-20-9-8-16-5-1-2-7-19(16)21(20)22/h1-10,14,17,22H,11-13H2,(H,28,29,31)/t17-,22+/m1/s1. The van der Waals surface area contributed by atoms with Crippen LogP contribution in [0.3, 0.4) is 0 Å². The summed E-state index contributed by atoms with van der Waals surface area (Å²) in [6.45, 7) is 0.565. The van der Waals surface area contributed by atoms with Gasteiger partial charge < -0.3 is 9.57 Å². The van der Waals surface area contributed by atoms with E-state index < -0.39 is 17.8 Å². The number of hydrogen-bond acceptors (Lipinski definition) is 5. The molecule has 7 nitrogen and oxygen atoms in total. The van der Waals surface area contributed by atoms with E-state index in [4.69, 9.17) is 14.4 Å². The average molecular weight is 471 g/mol. The molecule has 10 heteroatoms. The van der Waals surface area contributed by atoms with Gasteiger partial charge in [0.25, 0.3) is 0 Å². The van der Waals surface area contributed by atoms with E-state index >= 15 is 0 Å². The van der Waals surface area contributed by atoms with Crippen LogP contribution in [0, 0.1) is 5.92 Å². The van der Waals surface area contributed by atoms with Crippen LogP contribution in [0.2, 0.25) is 0 Å². The summed E-state index contributed by atoms with van der Waals surface area (Å²) in [5.41, 5.74) is 0.422. The van der Waals surface area contributed by atoms with Crippen LogP contribution in [-0.2, 0) is 22.5 Å². The van der Waals surface area contributed by atoms with Crippen LogP contribution < -0.4 is 10.1 Å². The number of benzene rings is 3. The molecule has 34 heavy (non-hydrogen) atoms. The molecule has 1 saturated heterocycles. The van der Waals surface area contributed by atoms with Crippen molar-refractivity contribution in [1.82, 2.24) is 10.4 Å². The summed E-state index contributed by atoms with van der Waals surface area (Å²) < 4.78 is 44.3. The summed E-state index contributed by atoms with van der Waals surface area (Å²) in [7, 11) is 0. The Kier molecular flexibility index (Phi) is 5.74. The smallest absolute Gasteiger partial charge is 0.416 e. The molecule has 0 aromatic heterocycles. The lowest BCUT2D eigenvalue weighted by atomic mass is 9.88. The van der Waals surface area contributed by atoms with E-state index in [1.54, 1.807) is 0 Å². The number of hydroxylamine groups is 2. The van der Waals surface area contributed by atoms with Crippen LogP contribution in [0.15, 0.2) is 65.8 Å². The van der Waals surface area contributed by atoms with Gasteiger partial charge in [-0.2, -0.15) is 18.2 Å². The Morgan fingerprint density at radius 2 is 2.00 bits per heavy atom. The molecule has 0 bridgehead atoms. The molecule has 0 aliphatic carbocycles. The normalized spacial score (nSPS) is 19.6. The van der Waals surface area contributed by atoms with Crippen molar-refractivity contribution < 1.29 is 32.4 Å². The van der Waals surface area contributed by atoms with Gasteiger partial charge in [0.15, 0.2) is 0 Å². The third-order valence-corrected chi connectivity index (χ3v) is 5.81. The molecule has 2 atom stereocenters. The lowest BCUT2D eigenvalue weighted by molar-refractivity contribution is -0.137. The number of carbonyl (C=O) groups is 1. The van der Waals surface area contributed by atoms with Crippen LogP contribution in [0.4, 0.5) is 18.0 Å². The molecular formula is C24H20F3N3O4. The number of halogens is 3. The Labute approximate surface area is 192 Å². The fourth-order valence-electron chi connectivity index (χ4n) is 4.25. The molecule has 5 rings (SSSR count). The highest BCUT2D eigenvalue weighted by atomic mass is 19.4. The minimum atomic E-state index is -4.44. The third-order valence-electron chi connectivity index (χ3n) is 5.81. The van der Waals surface area contributed by atoms with E-state index in [1.165, 1.54) is 17.2 Å². The maximum absolute atomic E-state index is 12.8. The monoisotopic (exact) mass is 471 g/mol. The van der Waals surface area contributed by atoms with E-state index in [-0.39, 0.29) is 18.6 Å². The number of carbonyl (C=O) groups excluding carboxylic acids is 1. The Hall–Kier alpha value is -3.79. The second-order valence-electron chi connectivity index (χ2n) is 7.99. The van der Waals surface area contributed by atoms with Gasteiger partial charge in [0.1, 0.15) is 18.7 Å². The number of oxime groups is 1. The van der Waals surface area contributed by atoms with Gasteiger partial charge in [-0.1, -0.05) is 47.6 Å². The Bertz CT molecular complexity index is 1250. The topological polar surface area (TPSA) is 72.4 Å². The minimum absolute atomic E-state index is 0.0295. The number of rotatable bonds is 4. The first-order valence-electron chi connectivity index (χ1n) is 10.6. The molecule has 0 unspecified atom stereocenters. The number of amides is 2. The zero-order valence-corrected chi connectivity index (χ0v) is 17.8. The van der Waals surface area contributed by atoms with Crippen molar-refractivity contribution in [2.75, 3.05) is 13.2 Å². The molecule has 2 aliphatic heterocycles. The Balaban J connectivity index is 1.25. The summed E-state index contributed by atoms with van der Waals surface area (Å²) >= 11 is 0. The predicted octanol–water partition coefficient (Wildman–Crippen LogP) is 5.03. The second kappa shape index (κ2) is 8.86. The highest BCUT2D eigenvalue weighted by Crippen LogP contribution is 2.46. The number of urea groups is 1. The number of fused-ring (bicyclic) bond motifs is 5. The van der Waals surface area contributed by atoms with E-state index in [0.29, 0.717) is 24.5 Å². The average Bonchev–Trinajstić information content (AvgIpc) is 3.27. The second-order valence-corrected chi connectivity index (χ2v) is 7.99. The van der Waals surface area contributed by atoms with Crippen molar-refractivity contribution in [3.63, 3.8) is 0 Å². The van der Waals surface area contributed by atoms with E-state index in [0.717, 1.165) is 34.8 Å². The SMILES string of the molecule is O=C(N/C=N/OCc1cccc(C(F)(F)F)c1)N1OC[C@H]2COc3ccc4ccccc4c3[C@H]21. The van der Waals surface area contributed by atoms with Gasteiger partial charge >= 0.3 is 12.2 Å². The van der Waals surface area contributed by atoms with Gasteiger partial charge in [0.05, 0.1) is 24.8 Å². The first-order chi connectivity index (χ1) is 16.4. The maximum atomic E-state index is 12.8. The zero-order chi connectivity index (χ0) is 23.7. The molecule has 1 N–H and O–H groups in total. The predicted molar refractivity (Wildman–Crippen MR) is 117 cm³/mol. The molecule has 3 aromatic carbocycles. The molecule has 0 radical (unpaired) electrons. The highest BCUT2D eigenvalue weighted by Gasteiger charge is 2.45. The first-order valence-corrected chi connectivity index (χ1v) is 10.6. The molecule has 176 valence electrons. The number of nitrogens with zero attached hydrogens (tertiary/aromatic N) is 2. The van der Waals surface area contributed by atoms with Crippen molar-refractivity contribution in [2.45, 2.75) is 18.8 Å². The van der Waals surface area contributed by atoms with Gasteiger partial charge in [0.2, 0.25) is 0 Å². The van der Waals surface area contributed by atoms with E-state index in [9.17, 15) is 18.0 Å². The van der Waals surface area contributed by atoms with Gasteiger partial charge in [-0.25, -0.2) is 4.79 Å². The largest absolute Gasteiger partial charge is 0.493 e. The minimum Gasteiger partial charge on any atom is -0.493 e. The van der Waals surface area contributed by atoms with Crippen LogP contribution in [-0.4, -0.2) is 30.6 Å². The molecule has 0 spiro atoms. The lowest BCUT2D eigenvalue weighted by Crippen LogP contribution is -2.40. The fraction of sp³-hybridized carbons (Fsp3) is 0.250. The third kappa shape index (κ3) is 4.24. The Morgan fingerprint density at radius 1 is 1.15 bits per heavy atom. The summed E-state index contributed by atoms with van der Waals surface area (Å²) in [5, 5.41) is 9.39. The van der Waals surface area contributed by atoms with Gasteiger partial charge in [0, 0.05) is 11.5 Å². The molecule has 2 amide bonds. The van der Waals surface area contributed by atoms with Crippen LogP contribution in [0.25, 0.3) is 10.8 Å². The highest BCUT2D eigenvalue weighted by molar-refractivity contribution is 5.90. The molecule has 2 heterocycles. The zero-order valence-electron chi connectivity index (χ0n) is 17.8. The van der Waals surface area contributed by atoms with Crippen molar-refractivity contribution >= 4 is 23.1 Å². The maximum Gasteiger partial charge on any atom is 0.416 e. The van der Waals surface area contributed by atoms with Crippen LogP contribution in [0.1, 0.15) is 22.7 Å². The summed E-state index contributed by atoms with van der Waals surface area (Å²) in [6.07, 6.45) is -3.40. The molecule has 2 aliphatic rings.